The fraction of sp³-hybridized carbons (Fsp3) is 0.381. The van der Waals surface area contributed by atoms with E-state index in [1.165, 1.54) is 5.56 Å². The summed E-state index contributed by atoms with van der Waals surface area (Å²) in [5.41, 5.74) is 2.36. The number of hydrogen-bond acceptors (Lipinski definition) is 4. The highest BCUT2D eigenvalue weighted by molar-refractivity contribution is 5.80. The molecule has 138 valence electrons. The lowest BCUT2D eigenvalue weighted by molar-refractivity contribution is -0.127. The Bertz CT molecular complexity index is 682. The molecule has 1 aliphatic heterocycles. The summed E-state index contributed by atoms with van der Waals surface area (Å²) in [6, 6.07) is 17.8. The topological polar surface area (TPSA) is 50.8 Å². The van der Waals surface area contributed by atoms with E-state index in [4.69, 9.17) is 9.47 Å². The van der Waals surface area contributed by atoms with Gasteiger partial charge in [0, 0.05) is 26.2 Å². The highest BCUT2D eigenvalue weighted by Crippen LogP contribution is 2.12. The van der Waals surface area contributed by atoms with E-state index in [0.29, 0.717) is 12.3 Å². The van der Waals surface area contributed by atoms with Crippen molar-refractivity contribution in [3.05, 3.63) is 65.7 Å². The van der Waals surface area contributed by atoms with Crippen LogP contribution in [0.25, 0.3) is 0 Å². The van der Waals surface area contributed by atoms with Gasteiger partial charge in [0.05, 0.1) is 13.2 Å². The van der Waals surface area contributed by atoms with Crippen molar-refractivity contribution in [1.82, 2.24) is 10.2 Å². The van der Waals surface area contributed by atoms with Gasteiger partial charge in [-0.05, 0) is 30.2 Å². The summed E-state index contributed by atoms with van der Waals surface area (Å²) < 4.78 is 11.0. The number of ether oxygens (including phenoxy) is 2. The smallest absolute Gasteiger partial charge is 0.261 e. The summed E-state index contributed by atoms with van der Waals surface area (Å²) >= 11 is 0. The van der Waals surface area contributed by atoms with E-state index in [1.807, 2.05) is 30.3 Å². The van der Waals surface area contributed by atoms with Crippen LogP contribution >= 0.6 is 0 Å². The van der Waals surface area contributed by atoms with Crippen molar-refractivity contribution in [2.24, 2.45) is 0 Å². The quantitative estimate of drug-likeness (QED) is 0.830. The Kier molecular flexibility index (Phi) is 6.63. The fourth-order valence-electron chi connectivity index (χ4n) is 2.87. The van der Waals surface area contributed by atoms with Crippen LogP contribution < -0.4 is 10.1 Å². The number of nitrogens with zero attached hydrogens (tertiary/aromatic N) is 1. The number of rotatable bonds is 7. The average Bonchev–Trinajstić information content (AvgIpc) is 2.69. The summed E-state index contributed by atoms with van der Waals surface area (Å²) in [6.07, 6.45) is -0.530. The van der Waals surface area contributed by atoms with Crippen molar-refractivity contribution < 1.29 is 14.3 Å². The molecular weight excluding hydrogens is 328 g/mol. The van der Waals surface area contributed by atoms with E-state index in [9.17, 15) is 4.79 Å². The molecule has 0 aromatic heterocycles. The molecule has 5 heteroatoms. The van der Waals surface area contributed by atoms with E-state index in [2.05, 4.69) is 34.5 Å². The third-order valence-corrected chi connectivity index (χ3v) is 4.42. The van der Waals surface area contributed by atoms with Crippen LogP contribution in [0, 0.1) is 0 Å². The number of para-hydroxylation sites is 1. The highest BCUT2D eigenvalue weighted by atomic mass is 16.5. The lowest BCUT2D eigenvalue weighted by atomic mass is 10.1. The summed E-state index contributed by atoms with van der Waals surface area (Å²) in [5.74, 6) is 0.578. The van der Waals surface area contributed by atoms with Gasteiger partial charge in [0.15, 0.2) is 6.10 Å². The second kappa shape index (κ2) is 9.36. The molecule has 0 radical (unpaired) electrons. The van der Waals surface area contributed by atoms with Gasteiger partial charge < -0.3 is 14.8 Å². The minimum absolute atomic E-state index is 0.119. The first-order valence-electron chi connectivity index (χ1n) is 9.08. The van der Waals surface area contributed by atoms with E-state index < -0.39 is 6.10 Å². The first kappa shape index (κ1) is 18.4. The summed E-state index contributed by atoms with van der Waals surface area (Å²) in [4.78, 5) is 14.6. The molecule has 26 heavy (non-hydrogen) atoms. The molecule has 0 saturated carbocycles. The Balaban J connectivity index is 1.44. The minimum atomic E-state index is -0.530. The van der Waals surface area contributed by atoms with Crippen LogP contribution in [0.4, 0.5) is 0 Å². The van der Waals surface area contributed by atoms with E-state index in [0.717, 1.165) is 38.4 Å². The molecule has 1 heterocycles. The largest absolute Gasteiger partial charge is 0.481 e. The van der Waals surface area contributed by atoms with Gasteiger partial charge in [0.1, 0.15) is 5.75 Å². The molecule has 0 unspecified atom stereocenters. The standard InChI is InChI=1S/C21H26N2O3/c1-17(26-20-5-3-2-4-6-20)21(24)22-15-18-7-9-19(10-8-18)16-23-11-13-25-14-12-23/h2-10,17H,11-16H2,1H3,(H,22,24)/t17-/m0/s1. The molecular formula is C21H26N2O3. The average molecular weight is 354 g/mol. The number of amides is 1. The molecule has 5 nitrogen and oxygen atoms in total. The molecule has 2 aromatic rings. The SMILES string of the molecule is C[C@H](Oc1ccccc1)C(=O)NCc1ccc(CN2CCOCC2)cc1. The van der Waals surface area contributed by atoms with Crippen LogP contribution in [-0.4, -0.2) is 43.2 Å². The normalized spacial score (nSPS) is 16.0. The third-order valence-electron chi connectivity index (χ3n) is 4.42. The summed E-state index contributed by atoms with van der Waals surface area (Å²) in [6.45, 7) is 6.79. The molecule has 3 rings (SSSR count). The van der Waals surface area contributed by atoms with Gasteiger partial charge in [0.25, 0.3) is 5.91 Å². The van der Waals surface area contributed by atoms with Crippen molar-refractivity contribution in [3.63, 3.8) is 0 Å². The Morgan fingerprint density at radius 1 is 1.08 bits per heavy atom. The van der Waals surface area contributed by atoms with Crippen LogP contribution in [0.2, 0.25) is 0 Å². The number of carbonyl (C=O) groups excluding carboxylic acids is 1. The minimum Gasteiger partial charge on any atom is -0.481 e. The van der Waals surface area contributed by atoms with Crippen LogP contribution in [0.15, 0.2) is 54.6 Å². The van der Waals surface area contributed by atoms with Crippen molar-refractivity contribution >= 4 is 5.91 Å². The fourth-order valence-corrected chi connectivity index (χ4v) is 2.87. The highest BCUT2D eigenvalue weighted by Gasteiger charge is 2.14. The van der Waals surface area contributed by atoms with Gasteiger partial charge in [-0.3, -0.25) is 9.69 Å². The number of benzene rings is 2. The van der Waals surface area contributed by atoms with E-state index in [-0.39, 0.29) is 5.91 Å². The van der Waals surface area contributed by atoms with E-state index in [1.54, 1.807) is 6.92 Å². The van der Waals surface area contributed by atoms with Crippen LogP contribution in [-0.2, 0) is 22.6 Å². The molecule has 0 aliphatic carbocycles. The van der Waals surface area contributed by atoms with Gasteiger partial charge in [-0.15, -0.1) is 0 Å². The van der Waals surface area contributed by atoms with Crippen LogP contribution in [0.1, 0.15) is 18.1 Å². The second-order valence-electron chi connectivity index (χ2n) is 6.50. The Labute approximate surface area is 154 Å². The molecule has 1 aliphatic rings. The van der Waals surface area contributed by atoms with Crippen molar-refractivity contribution in [2.75, 3.05) is 26.3 Å². The Morgan fingerprint density at radius 3 is 2.42 bits per heavy atom. The zero-order chi connectivity index (χ0) is 18.2. The zero-order valence-corrected chi connectivity index (χ0v) is 15.2. The third kappa shape index (κ3) is 5.58. The Morgan fingerprint density at radius 2 is 1.73 bits per heavy atom. The van der Waals surface area contributed by atoms with Gasteiger partial charge in [-0.2, -0.15) is 0 Å². The van der Waals surface area contributed by atoms with Gasteiger partial charge in [0.2, 0.25) is 0 Å². The number of carbonyl (C=O) groups is 1. The number of nitrogens with one attached hydrogen (secondary N) is 1. The van der Waals surface area contributed by atoms with E-state index >= 15 is 0 Å². The molecule has 0 bridgehead atoms. The van der Waals surface area contributed by atoms with Gasteiger partial charge >= 0.3 is 0 Å². The van der Waals surface area contributed by atoms with Crippen molar-refractivity contribution in [3.8, 4) is 5.75 Å². The van der Waals surface area contributed by atoms with Crippen molar-refractivity contribution in [2.45, 2.75) is 26.1 Å². The number of morpholine rings is 1. The predicted molar refractivity (Wildman–Crippen MR) is 101 cm³/mol. The maximum Gasteiger partial charge on any atom is 0.261 e. The molecule has 0 spiro atoms. The molecule has 1 amide bonds. The molecule has 1 N–H and O–H groups in total. The van der Waals surface area contributed by atoms with Gasteiger partial charge in [-0.1, -0.05) is 42.5 Å². The monoisotopic (exact) mass is 354 g/mol. The van der Waals surface area contributed by atoms with Crippen LogP contribution in [0.3, 0.4) is 0 Å². The maximum atomic E-state index is 12.2. The molecule has 1 atom stereocenters. The lowest BCUT2D eigenvalue weighted by Gasteiger charge is -2.26. The van der Waals surface area contributed by atoms with Crippen molar-refractivity contribution in [1.29, 1.82) is 0 Å². The Hall–Kier alpha value is -2.37. The maximum absolute atomic E-state index is 12.2. The first-order chi connectivity index (χ1) is 12.7. The first-order valence-corrected chi connectivity index (χ1v) is 9.08. The summed E-state index contributed by atoms with van der Waals surface area (Å²) in [5, 5.41) is 2.93. The molecule has 1 fully saturated rings. The molecule has 2 aromatic carbocycles. The second-order valence-corrected chi connectivity index (χ2v) is 6.50. The summed E-state index contributed by atoms with van der Waals surface area (Å²) in [7, 11) is 0. The van der Waals surface area contributed by atoms with Crippen LogP contribution in [0.5, 0.6) is 5.75 Å². The predicted octanol–water partition coefficient (Wildman–Crippen LogP) is 2.60. The zero-order valence-electron chi connectivity index (χ0n) is 15.2. The molecule has 1 saturated heterocycles. The van der Waals surface area contributed by atoms with Gasteiger partial charge in [-0.25, -0.2) is 0 Å². The number of hydrogen-bond donors (Lipinski definition) is 1. The lowest BCUT2D eigenvalue weighted by Crippen LogP contribution is -2.36.